The summed E-state index contributed by atoms with van der Waals surface area (Å²) in [5.74, 6) is 2.74. The quantitative estimate of drug-likeness (QED) is 0.694. The summed E-state index contributed by atoms with van der Waals surface area (Å²) in [6.07, 6.45) is 5.22. The molecule has 0 atom stereocenters. The van der Waals surface area contributed by atoms with Crippen LogP contribution in [0.5, 0.6) is 0 Å². The summed E-state index contributed by atoms with van der Waals surface area (Å²) < 4.78 is 0. The van der Waals surface area contributed by atoms with Gasteiger partial charge in [0.2, 0.25) is 0 Å². The molecule has 2 aromatic rings. The number of rotatable bonds is 9. The van der Waals surface area contributed by atoms with Crippen molar-refractivity contribution >= 4 is 16.7 Å². The number of fused-ring (bicyclic) bond motifs is 1. The molecule has 24 heavy (non-hydrogen) atoms. The summed E-state index contributed by atoms with van der Waals surface area (Å²) in [5.41, 5.74) is 1.02. The van der Waals surface area contributed by atoms with Crippen LogP contribution in [0.1, 0.15) is 31.5 Å². The number of para-hydroxylation sites is 1. The largest absolute Gasteiger partial charge is 0.369 e. The molecule has 1 aromatic heterocycles. The maximum absolute atomic E-state index is 4.81. The first-order valence-electron chi connectivity index (χ1n) is 9.09. The third-order valence-corrected chi connectivity index (χ3v) is 4.75. The molecule has 3 rings (SSSR count). The highest BCUT2D eigenvalue weighted by molar-refractivity contribution is 5.88. The van der Waals surface area contributed by atoms with Crippen LogP contribution in [-0.2, 0) is 6.54 Å². The third kappa shape index (κ3) is 4.42. The lowest BCUT2D eigenvalue weighted by Gasteiger charge is -2.29. The number of nitrogens with zero attached hydrogens (tertiary/aromatic N) is 3. The number of benzene rings is 1. The van der Waals surface area contributed by atoms with Crippen molar-refractivity contribution in [1.29, 1.82) is 0 Å². The van der Waals surface area contributed by atoms with Crippen LogP contribution in [0.2, 0.25) is 0 Å². The average Bonchev–Trinajstić information content (AvgIpc) is 2.55. The zero-order valence-corrected chi connectivity index (χ0v) is 14.9. The van der Waals surface area contributed by atoms with E-state index in [1.165, 1.54) is 19.3 Å². The molecule has 0 saturated heterocycles. The highest BCUT2D eigenvalue weighted by atomic mass is 15.1. The number of hydrogen-bond acceptors (Lipinski definition) is 5. The Balaban J connectivity index is 1.72. The van der Waals surface area contributed by atoms with E-state index >= 15 is 0 Å². The molecule has 130 valence electrons. The second-order valence-corrected chi connectivity index (χ2v) is 6.88. The Morgan fingerprint density at radius 2 is 2.00 bits per heavy atom. The third-order valence-electron chi connectivity index (χ3n) is 4.75. The van der Waals surface area contributed by atoms with Gasteiger partial charge in [-0.05, 0) is 58.0 Å². The molecule has 2 N–H and O–H groups in total. The van der Waals surface area contributed by atoms with E-state index < -0.39 is 0 Å². The van der Waals surface area contributed by atoms with E-state index in [0.29, 0.717) is 0 Å². The van der Waals surface area contributed by atoms with Crippen molar-refractivity contribution in [2.45, 2.75) is 32.2 Å². The molecule has 1 heterocycles. The van der Waals surface area contributed by atoms with Crippen molar-refractivity contribution in [3.63, 3.8) is 0 Å². The average molecular weight is 327 g/mol. The van der Waals surface area contributed by atoms with Gasteiger partial charge >= 0.3 is 0 Å². The number of hydrogen-bond donors (Lipinski definition) is 2. The van der Waals surface area contributed by atoms with Crippen LogP contribution in [0.15, 0.2) is 24.3 Å². The monoisotopic (exact) mass is 327 g/mol. The van der Waals surface area contributed by atoms with E-state index in [-0.39, 0.29) is 0 Å². The van der Waals surface area contributed by atoms with Gasteiger partial charge in [0.05, 0.1) is 12.1 Å². The summed E-state index contributed by atoms with van der Waals surface area (Å²) in [7, 11) is 4.16. The summed E-state index contributed by atoms with van der Waals surface area (Å²) >= 11 is 0. The molecule has 5 nitrogen and oxygen atoms in total. The van der Waals surface area contributed by atoms with Gasteiger partial charge in [-0.25, -0.2) is 9.97 Å². The van der Waals surface area contributed by atoms with E-state index in [2.05, 4.69) is 34.7 Å². The van der Waals surface area contributed by atoms with Crippen LogP contribution in [0, 0.1) is 5.92 Å². The number of nitrogens with one attached hydrogen (secondary N) is 2. The second kappa shape index (κ2) is 8.40. The molecule has 0 bridgehead atoms. The Kier molecular flexibility index (Phi) is 5.99. The minimum Gasteiger partial charge on any atom is -0.369 e. The summed E-state index contributed by atoms with van der Waals surface area (Å²) in [4.78, 5) is 11.9. The zero-order chi connectivity index (χ0) is 16.8. The molecular weight excluding hydrogens is 298 g/mol. The first kappa shape index (κ1) is 17.1. The molecule has 1 aliphatic rings. The maximum Gasteiger partial charge on any atom is 0.145 e. The fourth-order valence-corrected chi connectivity index (χ4v) is 3.22. The predicted octanol–water partition coefficient (Wildman–Crippen LogP) is 2.88. The van der Waals surface area contributed by atoms with E-state index in [4.69, 9.17) is 9.97 Å². The predicted molar refractivity (Wildman–Crippen MR) is 100 cm³/mol. The zero-order valence-electron chi connectivity index (χ0n) is 14.9. The van der Waals surface area contributed by atoms with Crippen molar-refractivity contribution in [3.8, 4) is 0 Å². The number of anilines is 1. The SMILES string of the molecule is CNCCCNc1nc(CN(C)CC2CCC2)nc2ccccc12. The van der Waals surface area contributed by atoms with E-state index in [1.807, 2.05) is 19.2 Å². The first-order chi connectivity index (χ1) is 11.8. The highest BCUT2D eigenvalue weighted by Gasteiger charge is 2.19. The van der Waals surface area contributed by atoms with E-state index in [1.54, 1.807) is 0 Å². The Labute approximate surface area is 144 Å². The lowest BCUT2D eigenvalue weighted by atomic mass is 9.85. The number of aromatic nitrogens is 2. The Bertz CT molecular complexity index is 653. The minimum atomic E-state index is 0.812. The van der Waals surface area contributed by atoms with Gasteiger partial charge in [0, 0.05) is 18.5 Å². The normalized spacial score (nSPS) is 15.0. The fourth-order valence-electron chi connectivity index (χ4n) is 3.22. The van der Waals surface area contributed by atoms with Gasteiger partial charge in [-0.15, -0.1) is 0 Å². The smallest absolute Gasteiger partial charge is 0.145 e. The van der Waals surface area contributed by atoms with Gasteiger partial charge in [0.15, 0.2) is 0 Å². The van der Waals surface area contributed by atoms with Crippen LogP contribution in [0.4, 0.5) is 5.82 Å². The Morgan fingerprint density at radius 3 is 2.75 bits per heavy atom. The molecule has 0 spiro atoms. The van der Waals surface area contributed by atoms with Gasteiger partial charge in [0.25, 0.3) is 0 Å². The van der Waals surface area contributed by atoms with Crippen LogP contribution < -0.4 is 10.6 Å². The lowest BCUT2D eigenvalue weighted by Crippen LogP contribution is -2.29. The van der Waals surface area contributed by atoms with Gasteiger partial charge in [-0.1, -0.05) is 18.6 Å². The summed E-state index contributed by atoms with van der Waals surface area (Å²) in [6.45, 7) is 3.89. The van der Waals surface area contributed by atoms with Crippen LogP contribution in [0.3, 0.4) is 0 Å². The van der Waals surface area contributed by atoms with Gasteiger partial charge in [-0.3, -0.25) is 4.90 Å². The van der Waals surface area contributed by atoms with Crippen LogP contribution >= 0.6 is 0 Å². The summed E-state index contributed by atoms with van der Waals surface area (Å²) in [5, 5.41) is 7.77. The molecule has 0 radical (unpaired) electrons. The fraction of sp³-hybridized carbons (Fsp3) is 0.579. The second-order valence-electron chi connectivity index (χ2n) is 6.88. The molecule has 0 aliphatic heterocycles. The van der Waals surface area contributed by atoms with Crippen molar-refractivity contribution < 1.29 is 0 Å². The molecule has 0 amide bonds. The molecule has 1 aliphatic carbocycles. The van der Waals surface area contributed by atoms with Crippen molar-refractivity contribution in [1.82, 2.24) is 20.2 Å². The molecule has 5 heteroatoms. The molecule has 1 aromatic carbocycles. The highest BCUT2D eigenvalue weighted by Crippen LogP contribution is 2.27. The Hall–Kier alpha value is -1.72. The van der Waals surface area contributed by atoms with Crippen molar-refractivity contribution in [2.75, 3.05) is 39.0 Å². The van der Waals surface area contributed by atoms with Crippen LogP contribution in [0.25, 0.3) is 10.9 Å². The molecule has 0 unspecified atom stereocenters. The van der Waals surface area contributed by atoms with Gasteiger partial charge in [0.1, 0.15) is 11.6 Å². The van der Waals surface area contributed by atoms with Gasteiger partial charge < -0.3 is 10.6 Å². The summed E-state index contributed by atoms with van der Waals surface area (Å²) in [6, 6.07) is 8.26. The molecular formula is C19H29N5. The van der Waals surface area contributed by atoms with E-state index in [0.717, 1.165) is 61.1 Å². The van der Waals surface area contributed by atoms with Crippen molar-refractivity contribution in [3.05, 3.63) is 30.1 Å². The van der Waals surface area contributed by atoms with Crippen LogP contribution in [-0.4, -0.2) is 48.6 Å². The maximum atomic E-state index is 4.81. The molecule has 1 fully saturated rings. The lowest BCUT2D eigenvalue weighted by molar-refractivity contribution is 0.197. The van der Waals surface area contributed by atoms with Gasteiger partial charge in [-0.2, -0.15) is 0 Å². The Morgan fingerprint density at radius 1 is 1.17 bits per heavy atom. The first-order valence-corrected chi connectivity index (χ1v) is 9.09. The molecule has 1 saturated carbocycles. The van der Waals surface area contributed by atoms with Crippen molar-refractivity contribution in [2.24, 2.45) is 5.92 Å². The van der Waals surface area contributed by atoms with E-state index in [9.17, 15) is 0 Å². The topological polar surface area (TPSA) is 53.1 Å². The minimum absolute atomic E-state index is 0.812. The standard InChI is InChI=1S/C19H29N5/c1-20-11-6-12-21-19-16-9-3-4-10-17(16)22-18(23-19)14-24(2)13-15-7-5-8-15/h3-4,9-10,15,20H,5-8,11-14H2,1-2H3,(H,21,22,23).